The molecule has 0 bridgehead atoms. The van der Waals surface area contributed by atoms with Crippen LogP contribution in [0, 0.1) is 0 Å². The van der Waals surface area contributed by atoms with Crippen LogP contribution >= 0.6 is 0 Å². The topological polar surface area (TPSA) is 70.1 Å². The number of hydrogen-bond donors (Lipinski definition) is 1. The quantitative estimate of drug-likeness (QED) is 0.726. The second kappa shape index (κ2) is 9.63. The van der Waals surface area contributed by atoms with E-state index < -0.39 is 0 Å². The number of aliphatic hydroxyl groups excluding tert-OH is 1. The zero-order valence-corrected chi connectivity index (χ0v) is 13.9. The van der Waals surface area contributed by atoms with E-state index in [1.165, 1.54) is 15.9 Å². The fourth-order valence-electron chi connectivity index (χ4n) is 2.00. The molecule has 0 heterocycles. The lowest BCUT2D eigenvalue weighted by atomic mass is 10.2. The number of carbonyl (C=O) groups is 2. The van der Waals surface area contributed by atoms with Crippen molar-refractivity contribution >= 4 is 17.9 Å². The molecule has 126 valence electrons. The predicted molar refractivity (Wildman–Crippen MR) is 89.0 cm³/mol. The molecule has 0 radical (unpaired) electrons. The van der Waals surface area contributed by atoms with Crippen molar-refractivity contribution in [3.8, 4) is 5.75 Å². The predicted octanol–water partition coefficient (Wildman–Crippen LogP) is 1.01. The van der Waals surface area contributed by atoms with Crippen LogP contribution in [-0.2, 0) is 9.59 Å². The molecule has 6 heteroatoms. The number of nitrogens with zero attached hydrogens (tertiary/aromatic N) is 2. The maximum atomic E-state index is 12.1. The van der Waals surface area contributed by atoms with Gasteiger partial charge in [0.25, 0.3) is 0 Å². The first-order valence-electron chi connectivity index (χ1n) is 7.47. The highest BCUT2D eigenvalue weighted by Gasteiger charge is 2.15. The summed E-state index contributed by atoms with van der Waals surface area (Å²) in [5.41, 5.74) is 0.841. The number of likely N-dealkylation sites (N-methyl/N-ethyl adjacent to an activating group) is 2. The molecule has 0 aliphatic heterocycles. The van der Waals surface area contributed by atoms with E-state index in [1.807, 2.05) is 31.2 Å². The first-order valence-corrected chi connectivity index (χ1v) is 7.47. The summed E-state index contributed by atoms with van der Waals surface area (Å²) in [6, 6.07) is 7.33. The molecule has 0 fully saturated rings. The monoisotopic (exact) mass is 320 g/mol. The van der Waals surface area contributed by atoms with Crippen LogP contribution in [0.25, 0.3) is 6.08 Å². The van der Waals surface area contributed by atoms with E-state index in [4.69, 9.17) is 9.84 Å². The molecule has 0 saturated heterocycles. The van der Waals surface area contributed by atoms with E-state index in [0.717, 1.165) is 5.56 Å². The number of amides is 2. The highest BCUT2D eigenvalue weighted by molar-refractivity contribution is 5.94. The molecule has 2 amide bonds. The van der Waals surface area contributed by atoms with Gasteiger partial charge < -0.3 is 19.6 Å². The van der Waals surface area contributed by atoms with Gasteiger partial charge in [-0.05, 0) is 30.7 Å². The van der Waals surface area contributed by atoms with Crippen molar-refractivity contribution < 1.29 is 19.4 Å². The smallest absolute Gasteiger partial charge is 0.246 e. The number of carbonyl (C=O) groups excluding carboxylic acids is 2. The Morgan fingerprint density at radius 1 is 1.35 bits per heavy atom. The van der Waals surface area contributed by atoms with Gasteiger partial charge in [0.05, 0.1) is 20.3 Å². The van der Waals surface area contributed by atoms with Crippen LogP contribution in [0.15, 0.2) is 30.3 Å². The van der Waals surface area contributed by atoms with Gasteiger partial charge in [-0.3, -0.25) is 9.59 Å². The van der Waals surface area contributed by atoms with E-state index >= 15 is 0 Å². The normalized spacial score (nSPS) is 10.6. The van der Waals surface area contributed by atoms with Crippen LogP contribution in [0.3, 0.4) is 0 Å². The lowest BCUT2D eigenvalue weighted by Crippen LogP contribution is -2.41. The summed E-state index contributed by atoms with van der Waals surface area (Å²) in [6.45, 7) is 2.50. The van der Waals surface area contributed by atoms with Gasteiger partial charge in [0.1, 0.15) is 5.75 Å². The number of methoxy groups -OCH3 is 1. The van der Waals surface area contributed by atoms with Crippen molar-refractivity contribution in [3.63, 3.8) is 0 Å². The van der Waals surface area contributed by atoms with Crippen molar-refractivity contribution in [3.05, 3.63) is 35.9 Å². The summed E-state index contributed by atoms with van der Waals surface area (Å²) in [5, 5.41) is 8.92. The molecule has 0 aliphatic rings. The van der Waals surface area contributed by atoms with Crippen LogP contribution in [0.5, 0.6) is 5.75 Å². The van der Waals surface area contributed by atoms with Gasteiger partial charge in [-0.1, -0.05) is 12.1 Å². The van der Waals surface area contributed by atoms with Crippen LogP contribution in [0.2, 0.25) is 0 Å². The zero-order chi connectivity index (χ0) is 17.2. The molecule has 0 aliphatic carbocycles. The van der Waals surface area contributed by atoms with Crippen molar-refractivity contribution in [2.45, 2.75) is 6.92 Å². The molecular formula is C17H24N2O4. The third-order valence-electron chi connectivity index (χ3n) is 3.37. The highest BCUT2D eigenvalue weighted by Crippen LogP contribution is 2.13. The first kappa shape index (κ1) is 18.7. The Morgan fingerprint density at radius 3 is 2.70 bits per heavy atom. The average Bonchev–Trinajstić information content (AvgIpc) is 2.57. The standard InChI is InChI=1S/C17H24N2O4/c1-4-19(10-11-20)17(22)13-18(2)16(21)9-8-14-6-5-7-15(12-14)23-3/h5-9,12,20H,4,10-11,13H2,1-3H3/b9-8+. The van der Waals surface area contributed by atoms with Gasteiger partial charge in [0.15, 0.2) is 0 Å². The molecule has 0 atom stereocenters. The molecule has 1 rings (SSSR count). The van der Waals surface area contributed by atoms with Crippen LogP contribution in [-0.4, -0.2) is 67.1 Å². The molecule has 0 aromatic heterocycles. The second-order valence-electron chi connectivity index (χ2n) is 5.00. The Balaban J connectivity index is 2.62. The third-order valence-corrected chi connectivity index (χ3v) is 3.37. The van der Waals surface area contributed by atoms with Gasteiger partial charge in [-0.25, -0.2) is 0 Å². The van der Waals surface area contributed by atoms with Gasteiger partial charge in [-0.2, -0.15) is 0 Å². The average molecular weight is 320 g/mol. The minimum absolute atomic E-state index is 0.0187. The number of aliphatic hydroxyl groups is 1. The molecule has 6 nitrogen and oxygen atoms in total. The Bertz CT molecular complexity index is 557. The SMILES string of the molecule is CCN(CCO)C(=O)CN(C)C(=O)/C=C/c1cccc(OC)c1. The number of hydrogen-bond acceptors (Lipinski definition) is 4. The number of rotatable bonds is 8. The maximum Gasteiger partial charge on any atom is 0.246 e. The maximum absolute atomic E-state index is 12.1. The summed E-state index contributed by atoms with van der Waals surface area (Å²) in [7, 11) is 3.15. The Kier molecular flexibility index (Phi) is 7.83. The van der Waals surface area contributed by atoms with Crippen molar-refractivity contribution in [2.75, 3.05) is 40.4 Å². The van der Waals surface area contributed by atoms with E-state index in [2.05, 4.69) is 0 Å². The molecular weight excluding hydrogens is 296 g/mol. The summed E-state index contributed by atoms with van der Waals surface area (Å²) in [4.78, 5) is 26.9. The second-order valence-corrected chi connectivity index (χ2v) is 5.00. The number of benzene rings is 1. The summed E-state index contributed by atoms with van der Waals surface area (Å²) >= 11 is 0. The lowest BCUT2D eigenvalue weighted by Gasteiger charge is -2.23. The highest BCUT2D eigenvalue weighted by atomic mass is 16.5. The van der Waals surface area contributed by atoms with Gasteiger partial charge in [0, 0.05) is 26.2 Å². The van der Waals surface area contributed by atoms with Crippen LogP contribution < -0.4 is 4.74 Å². The molecule has 23 heavy (non-hydrogen) atoms. The summed E-state index contributed by atoms with van der Waals surface area (Å²) in [5.74, 6) is 0.263. The van der Waals surface area contributed by atoms with E-state index in [1.54, 1.807) is 20.2 Å². The Morgan fingerprint density at radius 2 is 2.09 bits per heavy atom. The number of ether oxygens (including phenoxy) is 1. The molecule has 1 aromatic rings. The Labute approximate surface area is 137 Å². The fourth-order valence-corrected chi connectivity index (χ4v) is 2.00. The molecule has 1 aromatic carbocycles. The summed E-state index contributed by atoms with van der Waals surface area (Å²) in [6.07, 6.45) is 3.10. The van der Waals surface area contributed by atoms with Crippen molar-refractivity contribution in [1.29, 1.82) is 0 Å². The molecule has 0 spiro atoms. The van der Waals surface area contributed by atoms with Crippen molar-refractivity contribution in [1.82, 2.24) is 9.80 Å². The third kappa shape index (κ3) is 6.12. The minimum Gasteiger partial charge on any atom is -0.497 e. The largest absolute Gasteiger partial charge is 0.497 e. The molecule has 1 N–H and O–H groups in total. The first-order chi connectivity index (χ1) is 11.0. The van der Waals surface area contributed by atoms with E-state index in [-0.39, 0.29) is 31.5 Å². The fraction of sp³-hybridized carbons (Fsp3) is 0.412. The van der Waals surface area contributed by atoms with E-state index in [9.17, 15) is 9.59 Å². The molecule has 0 unspecified atom stereocenters. The lowest BCUT2D eigenvalue weighted by molar-refractivity contribution is -0.137. The van der Waals surface area contributed by atoms with Crippen molar-refractivity contribution in [2.24, 2.45) is 0 Å². The van der Waals surface area contributed by atoms with Gasteiger partial charge >= 0.3 is 0 Å². The zero-order valence-electron chi connectivity index (χ0n) is 13.9. The summed E-state index contributed by atoms with van der Waals surface area (Å²) < 4.78 is 5.12. The molecule has 0 saturated carbocycles. The van der Waals surface area contributed by atoms with Crippen LogP contribution in [0.4, 0.5) is 0 Å². The Hall–Kier alpha value is -2.34. The van der Waals surface area contributed by atoms with Gasteiger partial charge in [0.2, 0.25) is 11.8 Å². The van der Waals surface area contributed by atoms with E-state index in [0.29, 0.717) is 12.3 Å². The van der Waals surface area contributed by atoms with Gasteiger partial charge in [-0.15, -0.1) is 0 Å². The van der Waals surface area contributed by atoms with Crippen LogP contribution in [0.1, 0.15) is 12.5 Å². The minimum atomic E-state index is -0.263.